The first-order valence-electron chi connectivity index (χ1n) is 10.5. The van der Waals surface area contributed by atoms with Crippen molar-refractivity contribution in [3.05, 3.63) is 54.0 Å². The van der Waals surface area contributed by atoms with Crippen LogP contribution in [-0.2, 0) is 6.54 Å². The van der Waals surface area contributed by atoms with Crippen LogP contribution in [0, 0.1) is 12.7 Å². The summed E-state index contributed by atoms with van der Waals surface area (Å²) in [6.07, 6.45) is 2.25. The molecule has 0 saturated carbocycles. The van der Waals surface area contributed by atoms with Crippen molar-refractivity contribution in [2.45, 2.75) is 31.5 Å². The van der Waals surface area contributed by atoms with Crippen LogP contribution in [0.1, 0.15) is 18.5 Å². The second kappa shape index (κ2) is 8.43. The van der Waals surface area contributed by atoms with Crippen LogP contribution in [0.3, 0.4) is 0 Å². The van der Waals surface area contributed by atoms with E-state index in [0.717, 1.165) is 58.0 Å². The summed E-state index contributed by atoms with van der Waals surface area (Å²) in [4.78, 5) is 4.88. The molecule has 0 fully saturated rings. The van der Waals surface area contributed by atoms with Gasteiger partial charge in [0.25, 0.3) is 5.16 Å². The van der Waals surface area contributed by atoms with Gasteiger partial charge in [-0.1, -0.05) is 11.8 Å². The predicted octanol–water partition coefficient (Wildman–Crippen LogP) is 4.73. The fourth-order valence-corrected chi connectivity index (χ4v) is 5.10. The molecule has 1 aliphatic heterocycles. The highest BCUT2D eigenvalue weighted by Crippen LogP contribution is 2.36. The van der Waals surface area contributed by atoms with Crippen LogP contribution in [0.5, 0.6) is 11.5 Å². The van der Waals surface area contributed by atoms with Gasteiger partial charge in [-0.15, -0.1) is 0 Å². The molecule has 32 heavy (non-hydrogen) atoms. The number of hydrogen-bond donors (Lipinski definition) is 0. The monoisotopic (exact) mass is 451 g/mol. The molecule has 0 spiro atoms. The highest BCUT2D eigenvalue weighted by molar-refractivity contribution is 7.99. The molecule has 3 heterocycles. The Morgan fingerprint density at radius 1 is 1.03 bits per heavy atom. The number of nitrogens with zero attached hydrogens (tertiary/aromatic N) is 4. The van der Waals surface area contributed by atoms with Crippen molar-refractivity contribution in [3.63, 3.8) is 0 Å². The maximum Gasteiger partial charge on any atom is 0.461 e. The minimum atomic E-state index is -0.278. The zero-order valence-electron chi connectivity index (χ0n) is 18.3. The molecule has 0 aliphatic carbocycles. The molecule has 0 saturated heterocycles. The lowest BCUT2D eigenvalue weighted by Gasteiger charge is -2.15. The van der Waals surface area contributed by atoms with Crippen molar-refractivity contribution >= 4 is 22.5 Å². The molecular weight excluding hydrogens is 427 g/mol. The third kappa shape index (κ3) is 3.58. The molecular formula is C24H24FN4O2S+. The summed E-state index contributed by atoms with van der Waals surface area (Å²) < 4.78 is 28.9. The second-order valence-electron chi connectivity index (χ2n) is 7.74. The first-order chi connectivity index (χ1) is 15.6. The Hall–Kier alpha value is -3.13. The van der Waals surface area contributed by atoms with Crippen LogP contribution in [0.4, 0.5) is 4.39 Å². The van der Waals surface area contributed by atoms with Gasteiger partial charge in [-0.3, -0.25) is 0 Å². The van der Waals surface area contributed by atoms with Crippen LogP contribution < -0.4 is 14.0 Å². The van der Waals surface area contributed by atoms with Gasteiger partial charge in [0, 0.05) is 21.8 Å². The Balaban J connectivity index is 1.83. The first-order valence-corrected chi connectivity index (χ1v) is 11.5. The zero-order valence-corrected chi connectivity index (χ0v) is 19.1. The summed E-state index contributed by atoms with van der Waals surface area (Å²) in [7, 11) is 3.25. The number of thioether (sulfide) groups is 1. The van der Waals surface area contributed by atoms with E-state index in [1.807, 2.05) is 28.3 Å². The molecule has 0 atom stereocenters. The fourth-order valence-electron chi connectivity index (χ4n) is 4.15. The number of aromatic nitrogens is 4. The standard InChI is InChI=1S/C24H24FN4O2S/c1-15-12-17-13-20(30-2)21(31-3)14-19(17)22(16-6-8-18(25)9-7-16)29(15)23-26-24-28(27-23)10-4-5-11-32-24/h6-9,12-14H,4-5,10-11H2,1-3H3/q+1. The summed E-state index contributed by atoms with van der Waals surface area (Å²) in [5.41, 5.74) is 2.71. The van der Waals surface area contributed by atoms with Crippen molar-refractivity contribution in [2.75, 3.05) is 20.0 Å². The third-order valence-electron chi connectivity index (χ3n) is 5.69. The summed E-state index contributed by atoms with van der Waals surface area (Å²) in [6.45, 7) is 2.89. The molecule has 2 aromatic carbocycles. The number of pyridine rings is 1. The van der Waals surface area contributed by atoms with Gasteiger partial charge in [0.05, 0.1) is 26.5 Å². The van der Waals surface area contributed by atoms with Gasteiger partial charge < -0.3 is 9.47 Å². The van der Waals surface area contributed by atoms with Gasteiger partial charge in [0.15, 0.2) is 11.5 Å². The molecule has 0 bridgehead atoms. The van der Waals surface area contributed by atoms with E-state index in [0.29, 0.717) is 17.4 Å². The van der Waals surface area contributed by atoms with E-state index >= 15 is 0 Å². The van der Waals surface area contributed by atoms with Crippen molar-refractivity contribution in [1.82, 2.24) is 14.8 Å². The molecule has 0 amide bonds. The van der Waals surface area contributed by atoms with Crippen LogP contribution in [0.15, 0.2) is 47.6 Å². The van der Waals surface area contributed by atoms with Crippen LogP contribution in [0.25, 0.3) is 28.0 Å². The Morgan fingerprint density at radius 3 is 2.53 bits per heavy atom. The second-order valence-corrected chi connectivity index (χ2v) is 8.81. The molecule has 4 aromatic rings. The van der Waals surface area contributed by atoms with Gasteiger partial charge in [-0.05, 0) is 72.6 Å². The molecule has 0 unspecified atom stereocenters. The average molecular weight is 452 g/mol. The lowest BCUT2D eigenvalue weighted by molar-refractivity contribution is -0.597. The SMILES string of the molecule is COc1cc2cc(C)[n+](-c3nc4n(n3)CCCCS4)c(-c3ccc(F)cc3)c2cc1OC. The Kier molecular flexibility index (Phi) is 5.46. The topological polar surface area (TPSA) is 53.0 Å². The largest absolute Gasteiger partial charge is 0.493 e. The average Bonchev–Trinajstić information content (AvgIpc) is 3.07. The smallest absolute Gasteiger partial charge is 0.461 e. The number of rotatable bonds is 4. The van der Waals surface area contributed by atoms with Gasteiger partial charge in [-0.25, -0.2) is 4.39 Å². The molecule has 164 valence electrons. The Labute approximate surface area is 190 Å². The molecule has 5 rings (SSSR count). The quantitative estimate of drug-likeness (QED) is 0.420. The predicted molar refractivity (Wildman–Crippen MR) is 122 cm³/mol. The van der Waals surface area contributed by atoms with E-state index in [2.05, 4.69) is 6.07 Å². The van der Waals surface area contributed by atoms with Gasteiger partial charge in [0.2, 0.25) is 0 Å². The number of benzene rings is 2. The summed E-state index contributed by atoms with van der Waals surface area (Å²) in [6, 6.07) is 12.5. The summed E-state index contributed by atoms with van der Waals surface area (Å²) in [5, 5.41) is 7.71. The van der Waals surface area contributed by atoms with E-state index in [9.17, 15) is 4.39 Å². The first kappa shape index (κ1) is 20.8. The molecule has 0 radical (unpaired) electrons. The van der Waals surface area contributed by atoms with E-state index in [4.69, 9.17) is 19.6 Å². The number of halogens is 1. The van der Waals surface area contributed by atoms with Crippen molar-refractivity contribution in [2.24, 2.45) is 0 Å². The van der Waals surface area contributed by atoms with Crippen molar-refractivity contribution in [3.8, 4) is 28.7 Å². The van der Waals surface area contributed by atoms with Gasteiger partial charge in [0.1, 0.15) is 11.5 Å². The Bertz CT molecular complexity index is 1280. The number of ether oxygens (including phenoxy) is 2. The maximum absolute atomic E-state index is 13.8. The molecule has 1 aliphatic rings. The minimum absolute atomic E-state index is 0.278. The minimum Gasteiger partial charge on any atom is -0.493 e. The van der Waals surface area contributed by atoms with E-state index in [1.54, 1.807) is 38.1 Å². The van der Waals surface area contributed by atoms with E-state index in [1.165, 1.54) is 12.1 Å². The van der Waals surface area contributed by atoms with E-state index in [-0.39, 0.29) is 5.82 Å². The summed E-state index contributed by atoms with van der Waals surface area (Å²) >= 11 is 1.74. The fraction of sp³-hybridized carbons (Fsp3) is 0.292. The van der Waals surface area contributed by atoms with Crippen LogP contribution >= 0.6 is 11.8 Å². The molecule has 0 N–H and O–H groups in total. The highest BCUT2D eigenvalue weighted by Gasteiger charge is 2.28. The number of methoxy groups -OCH3 is 2. The highest BCUT2D eigenvalue weighted by atomic mass is 32.2. The van der Waals surface area contributed by atoms with Crippen LogP contribution in [0.2, 0.25) is 0 Å². The summed E-state index contributed by atoms with van der Waals surface area (Å²) in [5.74, 6) is 2.66. The molecule has 2 aromatic heterocycles. The zero-order chi connectivity index (χ0) is 22.2. The van der Waals surface area contributed by atoms with Gasteiger partial charge in [-0.2, -0.15) is 9.25 Å². The normalized spacial score (nSPS) is 13.6. The van der Waals surface area contributed by atoms with Gasteiger partial charge >= 0.3 is 5.95 Å². The Morgan fingerprint density at radius 2 is 1.78 bits per heavy atom. The maximum atomic E-state index is 13.8. The lowest BCUT2D eigenvalue weighted by atomic mass is 10.0. The third-order valence-corrected chi connectivity index (χ3v) is 6.74. The lowest BCUT2D eigenvalue weighted by Crippen LogP contribution is -2.38. The molecule has 8 heteroatoms. The van der Waals surface area contributed by atoms with E-state index < -0.39 is 0 Å². The number of fused-ring (bicyclic) bond motifs is 2. The number of hydrogen-bond acceptors (Lipinski definition) is 5. The number of aryl methyl sites for hydroxylation is 2. The van der Waals surface area contributed by atoms with Crippen LogP contribution in [-0.4, -0.2) is 34.7 Å². The molecule has 6 nitrogen and oxygen atoms in total. The van der Waals surface area contributed by atoms with Crippen molar-refractivity contribution < 1.29 is 18.4 Å². The van der Waals surface area contributed by atoms with Crippen molar-refractivity contribution in [1.29, 1.82) is 0 Å².